The van der Waals surface area contributed by atoms with Gasteiger partial charge in [-0.1, -0.05) is 6.07 Å². The van der Waals surface area contributed by atoms with Gasteiger partial charge < -0.3 is 10.6 Å². The summed E-state index contributed by atoms with van der Waals surface area (Å²) in [6.45, 7) is 1.92. The first-order chi connectivity index (χ1) is 10.6. The summed E-state index contributed by atoms with van der Waals surface area (Å²) in [5.41, 5.74) is 6.12. The van der Waals surface area contributed by atoms with Gasteiger partial charge in [0, 0.05) is 44.3 Å². The molecule has 0 radical (unpaired) electrons. The van der Waals surface area contributed by atoms with Gasteiger partial charge in [0.25, 0.3) is 0 Å². The van der Waals surface area contributed by atoms with E-state index in [2.05, 4.69) is 9.97 Å². The molecule has 3 rings (SSSR count). The van der Waals surface area contributed by atoms with E-state index in [1.54, 1.807) is 36.7 Å². The third kappa shape index (κ3) is 2.88. The van der Waals surface area contributed by atoms with E-state index in [1.165, 1.54) is 10.4 Å². The average molecular weight is 319 g/mol. The van der Waals surface area contributed by atoms with Gasteiger partial charge in [0.05, 0.1) is 4.90 Å². The van der Waals surface area contributed by atoms with Crippen molar-refractivity contribution < 1.29 is 8.42 Å². The van der Waals surface area contributed by atoms with Crippen LogP contribution < -0.4 is 10.6 Å². The molecule has 8 heteroatoms. The highest BCUT2D eigenvalue weighted by Crippen LogP contribution is 2.20. The summed E-state index contributed by atoms with van der Waals surface area (Å²) in [7, 11) is -3.50. The molecule has 2 aromatic rings. The van der Waals surface area contributed by atoms with E-state index >= 15 is 0 Å². The zero-order valence-electron chi connectivity index (χ0n) is 12.0. The molecule has 0 spiro atoms. The Hall–Kier alpha value is -2.19. The maximum Gasteiger partial charge on any atom is 0.243 e. The Balaban J connectivity index is 1.73. The highest BCUT2D eigenvalue weighted by atomic mass is 32.2. The van der Waals surface area contributed by atoms with E-state index in [0.717, 1.165) is 0 Å². The highest BCUT2D eigenvalue weighted by molar-refractivity contribution is 7.89. The molecule has 1 fully saturated rings. The predicted octanol–water partition coefficient (Wildman–Crippen LogP) is 0.570. The lowest BCUT2D eigenvalue weighted by atomic mass is 10.3. The minimum atomic E-state index is -3.50. The smallest absolute Gasteiger partial charge is 0.243 e. The normalized spacial score (nSPS) is 16.6. The average Bonchev–Trinajstić information content (AvgIpc) is 2.56. The number of nitrogen functional groups attached to an aromatic ring is 1. The van der Waals surface area contributed by atoms with Crippen LogP contribution in [-0.4, -0.2) is 48.9 Å². The topological polar surface area (TPSA) is 92.4 Å². The minimum Gasteiger partial charge on any atom is -0.399 e. The molecule has 1 aliphatic rings. The Labute approximate surface area is 129 Å². The molecule has 1 aromatic heterocycles. The Morgan fingerprint density at radius 3 is 2.32 bits per heavy atom. The summed E-state index contributed by atoms with van der Waals surface area (Å²) in [5.74, 6) is 0.628. The van der Waals surface area contributed by atoms with Gasteiger partial charge in [-0.3, -0.25) is 0 Å². The SMILES string of the molecule is Nc1cccc(S(=O)(=O)N2CCN(c3ncccn3)CC2)c1. The van der Waals surface area contributed by atoms with Gasteiger partial charge >= 0.3 is 0 Å². The second-order valence-electron chi connectivity index (χ2n) is 5.01. The molecule has 1 aliphatic heterocycles. The van der Waals surface area contributed by atoms with E-state index in [-0.39, 0.29) is 4.90 Å². The number of hydrogen-bond acceptors (Lipinski definition) is 6. The van der Waals surface area contributed by atoms with Gasteiger partial charge in [-0.05, 0) is 24.3 Å². The van der Waals surface area contributed by atoms with Gasteiger partial charge in [0.1, 0.15) is 0 Å². The van der Waals surface area contributed by atoms with E-state index in [0.29, 0.717) is 37.8 Å². The Morgan fingerprint density at radius 1 is 1.00 bits per heavy atom. The minimum absolute atomic E-state index is 0.233. The van der Waals surface area contributed by atoms with Crippen LogP contribution in [0.2, 0.25) is 0 Å². The summed E-state index contributed by atoms with van der Waals surface area (Å²) < 4.78 is 26.7. The molecule has 0 unspecified atom stereocenters. The number of aromatic nitrogens is 2. The van der Waals surface area contributed by atoms with Crippen LogP contribution in [0.5, 0.6) is 0 Å². The number of rotatable bonds is 3. The van der Waals surface area contributed by atoms with E-state index in [9.17, 15) is 8.42 Å². The Morgan fingerprint density at radius 2 is 1.68 bits per heavy atom. The van der Waals surface area contributed by atoms with E-state index in [4.69, 9.17) is 5.73 Å². The molecular formula is C14H17N5O2S. The second kappa shape index (κ2) is 5.90. The van der Waals surface area contributed by atoms with Crippen LogP contribution in [0.3, 0.4) is 0 Å². The number of nitrogens with zero attached hydrogens (tertiary/aromatic N) is 4. The maximum atomic E-state index is 12.6. The monoisotopic (exact) mass is 319 g/mol. The zero-order valence-corrected chi connectivity index (χ0v) is 12.8. The highest BCUT2D eigenvalue weighted by Gasteiger charge is 2.29. The summed E-state index contributed by atoms with van der Waals surface area (Å²) in [4.78, 5) is 10.6. The molecule has 0 saturated carbocycles. The van der Waals surface area contributed by atoms with Gasteiger partial charge in [-0.15, -0.1) is 0 Å². The van der Waals surface area contributed by atoms with Gasteiger partial charge in [0.15, 0.2) is 0 Å². The summed E-state index contributed by atoms with van der Waals surface area (Å²) in [5, 5.41) is 0. The predicted molar refractivity (Wildman–Crippen MR) is 83.9 cm³/mol. The number of anilines is 2. The largest absolute Gasteiger partial charge is 0.399 e. The molecule has 1 aromatic carbocycles. The van der Waals surface area contributed by atoms with Crippen LogP contribution in [0.25, 0.3) is 0 Å². The molecule has 2 N–H and O–H groups in total. The number of nitrogens with two attached hydrogens (primary N) is 1. The van der Waals surface area contributed by atoms with Gasteiger partial charge in [-0.2, -0.15) is 4.31 Å². The van der Waals surface area contributed by atoms with Crippen molar-refractivity contribution in [2.24, 2.45) is 0 Å². The fourth-order valence-electron chi connectivity index (χ4n) is 2.41. The van der Waals surface area contributed by atoms with E-state index < -0.39 is 10.0 Å². The number of piperazine rings is 1. The van der Waals surface area contributed by atoms with Crippen LogP contribution in [0, 0.1) is 0 Å². The molecule has 22 heavy (non-hydrogen) atoms. The van der Waals surface area contributed by atoms with Crippen LogP contribution in [0.4, 0.5) is 11.6 Å². The molecule has 7 nitrogen and oxygen atoms in total. The first-order valence-electron chi connectivity index (χ1n) is 6.95. The van der Waals surface area contributed by atoms with Crippen molar-refractivity contribution in [2.45, 2.75) is 4.90 Å². The third-order valence-electron chi connectivity index (χ3n) is 3.57. The van der Waals surface area contributed by atoms with Gasteiger partial charge in [0.2, 0.25) is 16.0 Å². The van der Waals surface area contributed by atoms with E-state index in [1.807, 2.05) is 4.90 Å². The van der Waals surface area contributed by atoms with Crippen LogP contribution in [0.1, 0.15) is 0 Å². The lowest BCUT2D eigenvalue weighted by Crippen LogP contribution is -2.49. The maximum absolute atomic E-state index is 12.6. The number of sulfonamides is 1. The van der Waals surface area contributed by atoms with Crippen molar-refractivity contribution in [2.75, 3.05) is 36.8 Å². The van der Waals surface area contributed by atoms with Crippen LogP contribution in [-0.2, 0) is 10.0 Å². The molecule has 0 aliphatic carbocycles. The van der Waals surface area contributed by atoms with Crippen LogP contribution >= 0.6 is 0 Å². The van der Waals surface area contributed by atoms with Crippen molar-refractivity contribution in [3.8, 4) is 0 Å². The Bertz CT molecular complexity index is 743. The molecule has 116 valence electrons. The van der Waals surface area contributed by atoms with Crippen molar-refractivity contribution >= 4 is 21.7 Å². The van der Waals surface area contributed by atoms with Crippen molar-refractivity contribution in [3.63, 3.8) is 0 Å². The zero-order chi connectivity index (χ0) is 15.6. The van der Waals surface area contributed by atoms with Crippen molar-refractivity contribution in [3.05, 3.63) is 42.7 Å². The summed E-state index contributed by atoms with van der Waals surface area (Å²) in [6, 6.07) is 8.13. The summed E-state index contributed by atoms with van der Waals surface area (Å²) >= 11 is 0. The molecule has 0 bridgehead atoms. The molecule has 0 atom stereocenters. The first-order valence-corrected chi connectivity index (χ1v) is 8.39. The first kappa shape index (κ1) is 14.7. The number of benzene rings is 1. The van der Waals surface area contributed by atoms with Gasteiger partial charge in [-0.25, -0.2) is 18.4 Å². The van der Waals surface area contributed by atoms with Crippen molar-refractivity contribution in [1.29, 1.82) is 0 Å². The molecular weight excluding hydrogens is 302 g/mol. The summed E-state index contributed by atoms with van der Waals surface area (Å²) in [6.07, 6.45) is 3.36. The fraction of sp³-hybridized carbons (Fsp3) is 0.286. The Kier molecular flexibility index (Phi) is 3.95. The van der Waals surface area contributed by atoms with Crippen LogP contribution in [0.15, 0.2) is 47.6 Å². The third-order valence-corrected chi connectivity index (χ3v) is 5.46. The molecule has 0 amide bonds. The quantitative estimate of drug-likeness (QED) is 0.832. The lowest BCUT2D eigenvalue weighted by Gasteiger charge is -2.33. The molecule has 1 saturated heterocycles. The molecule has 2 heterocycles. The lowest BCUT2D eigenvalue weighted by molar-refractivity contribution is 0.382. The number of hydrogen-bond donors (Lipinski definition) is 1. The fourth-order valence-corrected chi connectivity index (χ4v) is 3.88. The standard InChI is InChI=1S/C14H17N5O2S/c15-12-3-1-4-13(11-12)22(20,21)19-9-7-18(8-10-19)14-16-5-2-6-17-14/h1-6,11H,7-10,15H2. The van der Waals surface area contributed by atoms with Crippen molar-refractivity contribution in [1.82, 2.24) is 14.3 Å². The second-order valence-corrected chi connectivity index (χ2v) is 6.95.